The van der Waals surface area contributed by atoms with Gasteiger partial charge in [0.05, 0.1) is 24.8 Å². The number of fused-ring (bicyclic) bond motifs is 8. The standard InChI is InChI=1S/C27H27ClN2O6S/c1-34-23-16-21-18-10-12-30(37(32,33)25-9-3-2-8-22(25)28)27(21)19-6-4-7-20(14-19)35-13-5-11-29-26(31)17-36-24(23)15-18/h2-4,6-9,14-16,27H,5,10-13,17H2,1H3,(H,29,31). The average Bonchev–Trinajstić information content (AvgIpc) is 2.90. The molecule has 0 spiro atoms. The van der Waals surface area contributed by atoms with Gasteiger partial charge in [-0.1, -0.05) is 35.9 Å². The van der Waals surface area contributed by atoms with E-state index in [1.165, 1.54) is 17.5 Å². The van der Waals surface area contributed by atoms with Gasteiger partial charge in [-0.15, -0.1) is 0 Å². The third-order valence-corrected chi connectivity index (χ3v) is 8.84. The van der Waals surface area contributed by atoms with E-state index in [4.69, 9.17) is 25.8 Å². The summed E-state index contributed by atoms with van der Waals surface area (Å²) in [5, 5.41) is 2.98. The molecule has 3 aromatic rings. The molecule has 3 heterocycles. The molecule has 37 heavy (non-hydrogen) atoms. The first-order chi connectivity index (χ1) is 17.9. The Kier molecular flexibility index (Phi) is 7.28. The highest BCUT2D eigenvalue weighted by atomic mass is 35.5. The predicted octanol–water partition coefficient (Wildman–Crippen LogP) is 3.96. The largest absolute Gasteiger partial charge is 0.494 e. The molecule has 1 N–H and O–H groups in total. The smallest absolute Gasteiger partial charge is 0.257 e. The third kappa shape index (κ3) is 5.12. The summed E-state index contributed by atoms with van der Waals surface area (Å²) in [6.07, 6.45) is 1.05. The fourth-order valence-electron chi connectivity index (χ4n) is 4.72. The van der Waals surface area contributed by atoms with Gasteiger partial charge in [0.1, 0.15) is 10.6 Å². The van der Waals surface area contributed by atoms with E-state index in [0.29, 0.717) is 43.2 Å². The minimum Gasteiger partial charge on any atom is -0.494 e. The van der Waals surface area contributed by atoms with Crippen molar-refractivity contribution in [2.24, 2.45) is 0 Å². The van der Waals surface area contributed by atoms with Crippen LogP contribution in [0.1, 0.15) is 29.2 Å². The summed E-state index contributed by atoms with van der Waals surface area (Å²) in [6, 6.07) is 16.8. The Balaban J connectivity index is 1.68. The first kappa shape index (κ1) is 25.4. The van der Waals surface area contributed by atoms with Gasteiger partial charge >= 0.3 is 0 Å². The number of halogens is 1. The summed E-state index contributed by atoms with van der Waals surface area (Å²) in [5.41, 5.74) is 2.43. The number of carbonyl (C=O) groups is 1. The van der Waals surface area contributed by atoms with E-state index >= 15 is 0 Å². The maximum atomic E-state index is 14.0. The summed E-state index contributed by atoms with van der Waals surface area (Å²) in [7, 11) is -2.46. The van der Waals surface area contributed by atoms with E-state index in [9.17, 15) is 13.2 Å². The van der Waals surface area contributed by atoms with E-state index in [0.717, 1.165) is 16.7 Å². The number of amides is 1. The van der Waals surface area contributed by atoms with Gasteiger partial charge in [0.25, 0.3) is 5.91 Å². The topological polar surface area (TPSA) is 94.2 Å². The molecule has 1 atom stereocenters. The van der Waals surface area contributed by atoms with Crippen molar-refractivity contribution < 1.29 is 27.4 Å². The fourth-order valence-corrected chi connectivity index (χ4v) is 6.81. The summed E-state index contributed by atoms with van der Waals surface area (Å²) >= 11 is 6.34. The summed E-state index contributed by atoms with van der Waals surface area (Å²) in [6.45, 7) is 0.896. The van der Waals surface area contributed by atoms with Crippen molar-refractivity contribution in [1.29, 1.82) is 0 Å². The Bertz CT molecular complexity index is 1430. The molecule has 0 fully saturated rings. The highest BCUT2D eigenvalue weighted by molar-refractivity contribution is 7.89. The number of carbonyl (C=O) groups excluding carboxylic acids is 1. The van der Waals surface area contributed by atoms with Crippen LogP contribution >= 0.6 is 11.6 Å². The van der Waals surface area contributed by atoms with Crippen LogP contribution in [-0.2, 0) is 21.2 Å². The molecule has 8 nitrogen and oxygen atoms in total. The second kappa shape index (κ2) is 10.6. The molecule has 0 saturated heterocycles. The van der Waals surface area contributed by atoms with Crippen molar-refractivity contribution in [1.82, 2.24) is 9.62 Å². The van der Waals surface area contributed by atoms with E-state index < -0.39 is 16.1 Å². The van der Waals surface area contributed by atoms with Crippen LogP contribution < -0.4 is 19.5 Å². The van der Waals surface area contributed by atoms with Gasteiger partial charge in [-0.2, -0.15) is 4.31 Å². The molecule has 3 aliphatic heterocycles. The van der Waals surface area contributed by atoms with Crippen LogP contribution in [0, 0.1) is 0 Å². The van der Waals surface area contributed by atoms with E-state index in [1.807, 2.05) is 30.3 Å². The van der Waals surface area contributed by atoms with Crippen molar-refractivity contribution in [3.05, 3.63) is 82.4 Å². The van der Waals surface area contributed by atoms with Gasteiger partial charge in [-0.05, 0) is 65.9 Å². The van der Waals surface area contributed by atoms with Crippen molar-refractivity contribution in [3.8, 4) is 17.2 Å². The maximum absolute atomic E-state index is 14.0. The second-order valence-corrected chi connectivity index (χ2v) is 11.1. The number of rotatable bonds is 3. The lowest BCUT2D eigenvalue weighted by Gasteiger charge is -2.37. The first-order valence-corrected chi connectivity index (χ1v) is 13.8. The minimum absolute atomic E-state index is 0.0533. The van der Waals surface area contributed by atoms with E-state index in [1.54, 1.807) is 24.3 Å². The van der Waals surface area contributed by atoms with Gasteiger partial charge in [0, 0.05) is 13.1 Å². The van der Waals surface area contributed by atoms with Crippen LogP contribution in [0.2, 0.25) is 5.02 Å². The van der Waals surface area contributed by atoms with Gasteiger partial charge in [0.2, 0.25) is 10.0 Å². The SMILES string of the molecule is COc1cc2c3cc1OCC(=O)NCCCOc1cccc(c1)C2N(S(=O)(=O)c1ccccc1Cl)CC3. The van der Waals surface area contributed by atoms with Crippen LogP contribution in [0.5, 0.6) is 17.2 Å². The molecule has 0 aliphatic carbocycles. The molecular weight excluding hydrogens is 516 g/mol. The molecule has 0 radical (unpaired) electrons. The monoisotopic (exact) mass is 542 g/mol. The van der Waals surface area contributed by atoms with Gasteiger partial charge in [-0.3, -0.25) is 4.79 Å². The van der Waals surface area contributed by atoms with E-state index in [-0.39, 0.29) is 29.0 Å². The number of nitrogens with zero attached hydrogens (tertiary/aromatic N) is 1. The first-order valence-electron chi connectivity index (χ1n) is 12.0. The molecule has 10 heteroatoms. The average molecular weight is 543 g/mol. The van der Waals surface area contributed by atoms with Crippen LogP contribution in [0.3, 0.4) is 0 Å². The molecule has 0 saturated carbocycles. The zero-order valence-corrected chi connectivity index (χ0v) is 21.8. The number of methoxy groups -OCH3 is 1. The normalized spacial score (nSPS) is 18.4. The van der Waals surface area contributed by atoms with Crippen molar-refractivity contribution >= 4 is 27.5 Å². The summed E-state index contributed by atoms with van der Waals surface area (Å²) in [4.78, 5) is 12.3. The molecule has 6 bridgehead atoms. The highest BCUT2D eigenvalue weighted by Gasteiger charge is 2.39. The molecule has 194 valence electrons. The predicted molar refractivity (Wildman–Crippen MR) is 139 cm³/mol. The minimum atomic E-state index is -3.97. The van der Waals surface area contributed by atoms with Gasteiger partial charge in [-0.25, -0.2) is 8.42 Å². The summed E-state index contributed by atoms with van der Waals surface area (Å²) < 4.78 is 46.8. The highest BCUT2D eigenvalue weighted by Crippen LogP contribution is 2.44. The van der Waals surface area contributed by atoms with Gasteiger partial charge in [0.15, 0.2) is 18.1 Å². The molecular formula is C27H27ClN2O6S. The lowest BCUT2D eigenvalue weighted by atomic mass is 9.89. The quantitative estimate of drug-likeness (QED) is 0.538. The zero-order chi connectivity index (χ0) is 26.0. The zero-order valence-electron chi connectivity index (χ0n) is 20.3. The molecule has 0 aromatic heterocycles. The van der Waals surface area contributed by atoms with Gasteiger partial charge < -0.3 is 19.5 Å². The van der Waals surface area contributed by atoms with Crippen LogP contribution in [0.4, 0.5) is 0 Å². The van der Waals surface area contributed by atoms with Crippen molar-refractivity contribution in [2.45, 2.75) is 23.8 Å². The molecule has 3 aliphatic rings. The molecule has 1 amide bonds. The van der Waals surface area contributed by atoms with Crippen molar-refractivity contribution in [3.63, 3.8) is 0 Å². The Morgan fingerprint density at radius 1 is 1.08 bits per heavy atom. The maximum Gasteiger partial charge on any atom is 0.257 e. The Hall–Kier alpha value is -3.27. The fraction of sp³-hybridized carbons (Fsp3) is 0.296. The number of hydrogen-bond acceptors (Lipinski definition) is 6. The number of nitrogens with one attached hydrogen (secondary N) is 1. The number of ether oxygens (including phenoxy) is 3. The lowest BCUT2D eigenvalue weighted by Crippen LogP contribution is -2.40. The van der Waals surface area contributed by atoms with Crippen LogP contribution in [0.25, 0.3) is 0 Å². The molecule has 3 aromatic carbocycles. The number of benzene rings is 3. The lowest BCUT2D eigenvalue weighted by molar-refractivity contribution is -0.123. The number of sulfonamides is 1. The van der Waals surface area contributed by atoms with Crippen molar-refractivity contribution in [2.75, 3.05) is 33.4 Å². The molecule has 1 unspecified atom stereocenters. The summed E-state index contributed by atoms with van der Waals surface area (Å²) in [5.74, 6) is 1.21. The molecule has 6 rings (SSSR count). The number of hydrogen-bond donors (Lipinski definition) is 1. The third-order valence-electron chi connectivity index (χ3n) is 6.48. The Morgan fingerprint density at radius 3 is 2.73 bits per heavy atom. The Morgan fingerprint density at radius 2 is 1.92 bits per heavy atom. The van der Waals surface area contributed by atoms with Crippen LogP contribution in [0.15, 0.2) is 65.6 Å². The van der Waals surface area contributed by atoms with E-state index in [2.05, 4.69) is 5.32 Å². The second-order valence-electron chi connectivity index (χ2n) is 8.81. The van der Waals surface area contributed by atoms with Crippen LogP contribution in [-0.4, -0.2) is 52.0 Å². The Labute approximate surface area is 221 Å².